The average Bonchev–Trinajstić information content (AvgIpc) is 3.03. The summed E-state index contributed by atoms with van der Waals surface area (Å²) >= 11 is 0. The van der Waals surface area contributed by atoms with E-state index in [0.29, 0.717) is 25.2 Å². The van der Waals surface area contributed by atoms with Crippen molar-refractivity contribution in [1.82, 2.24) is 24.0 Å². The number of sulfonamides is 1. The molecule has 0 bridgehead atoms. The SMILES string of the molecule is C[C@H]1CN(C(=O)c2cnn(-c3cccnc3)c2)CCN1S(C)(=O)=O. The quantitative estimate of drug-likeness (QED) is 0.799. The number of hydrogen-bond donors (Lipinski definition) is 0. The molecule has 3 heterocycles. The molecule has 8 nitrogen and oxygen atoms in total. The van der Waals surface area contributed by atoms with Crippen molar-refractivity contribution in [2.75, 3.05) is 25.9 Å². The summed E-state index contributed by atoms with van der Waals surface area (Å²) in [5.74, 6) is -0.148. The predicted octanol–water partition coefficient (Wildman–Crippen LogP) is 0.373. The Bertz CT molecular complexity index is 834. The van der Waals surface area contributed by atoms with Gasteiger partial charge in [-0.1, -0.05) is 0 Å². The first-order valence-electron chi connectivity index (χ1n) is 7.57. The van der Waals surface area contributed by atoms with Gasteiger partial charge in [0.2, 0.25) is 10.0 Å². The van der Waals surface area contributed by atoms with E-state index in [4.69, 9.17) is 0 Å². The van der Waals surface area contributed by atoms with Crippen molar-refractivity contribution in [3.05, 3.63) is 42.5 Å². The summed E-state index contributed by atoms with van der Waals surface area (Å²) in [6, 6.07) is 3.40. The number of piperazine rings is 1. The Hall–Kier alpha value is -2.26. The molecule has 1 amide bonds. The van der Waals surface area contributed by atoms with Crippen LogP contribution in [0.5, 0.6) is 0 Å². The summed E-state index contributed by atoms with van der Waals surface area (Å²) in [4.78, 5) is 18.3. The fourth-order valence-corrected chi connectivity index (χ4v) is 4.00. The molecule has 0 N–H and O–H groups in total. The Morgan fingerprint density at radius 2 is 2.08 bits per heavy atom. The molecule has 1 aliphatic rings. The molecule has 0 spiro atoms. The van der Waals surface area contributed by atoms with E-state index >= 15 is 0 Å². The number of rotatable bonds is 3. The summed E-state index contributed by atoms with van der Waals surface area (Å²) < 4.78 is 26.4. The van der Waals surface area contributed by atoms with Crippen LogP contribution in [0, 0.1) is 0 Å². The molecule has 1 aliphatic heterocycles. The van der Waals surface area contributed by atoms with E-state index in [1.807, 2.05) is 6.07 Å². The number of amides is 1. The molecular weight excluding hydrogens is 330 g/mol. The second-order valence-electron chi connectivity index (χ2n) is 5.86. The van der Waals surface area contributed by atoms with Crippen molar-refractivity contribution < 1.29 is 13.2 Å². The molecule has 128 valence electrons. The minimum Gasteiger partial charge on any atom is -0.336 e. The Morgan fingerprint density at radius 1 is 1.29 bits per heavy atom. The Morgan fingerprint density at radius 3 is 2.71 bits per heavy atom. The van der Waals surface area contributed by atoms with E-state index in [1.165, 1.54) is 16.8 Å². The van der Waals surface area contributed by atoms with Crippen molar-refractivity contribution in [3.63, 3.8) is 0 Å². The zero-order chi connectivity index (χ0) is 17.3. The highest BCUT2D eigenvalue weighted by Crippen LogP contribution is 2.16. The summed E-state index contributed by atoms with van der Waals surface area (Å²) in [6.07, 6.45) is 7.70. The van der Waals surface area contributed by atoms with Crippen LogP contribution in [0.4, 0.5) is 0 Å². The van der Waals surface area contributed by atoms with E-state index < -0.39 is 10.0 Å². The predicted molar refractivity (Wildman–Crippen MR) is 88.3 cm³/mol. The van der Waals surface area contributed by atoms with Gasteiger partial charge in [0.05, 0.1) is 29.9 Å². The maximum absolute atomic E-state index is 12.6. The summed E-state index contributed by atoms with van der Waals surface area (Å²) in [7, 11) is -3.25. The van der Waals surface area contributed by atoms with Crippen molar-refractivity contribution in [3.8, 4) is 5.69 Å². The van der Waals surface area contributed by atoms with Crippen LogP contribution in [0.25, 0.3) is 5.69 Å². The molecule has 2 aromatic rings. The highest BCUT2D eigenvalue weighted by atomic mass is 32.2. The third kappa shape index (κ3) is 3.31. The first-order chi connectivity index (χ1) is 11.4. The largest absolute Gasteiger partial charge is 0.336 e. The second-order valence-corrected chi connectivity index (χ2v) is 7.79. The van der Waals surface area contributed by atoms with Crippen molar-refractivity contribution >= 4 is 15.9 Å². The van der Waals surface area contributed by atoms with Gasteiger partial charge in [0.15, 0.2) is 0 Å². The van der Waals surface area contributed by atoms with Gasteiger partial charge < -0.3 is 4.90 Å². The number of aromatic nitrogens is 3. The third-order valence-electron chi connectivity index (χ3n) is 4.02. The van der Waals surface area contributed by atoms with Crippen LogP contribution in [0.15, 0.2) is 36.9 Å². The van der Waals surface area contributed by atoms with Crippen LogP contribution in [-0.4, -0.2) is 70.2 Å². The van der Waals surface area contributed by atoms with Gasteiger partial charge >= 0.3 is 0 Å². The summed E-state index contributed by atoms with van der Waals surface area (Å²) in [6.45, 7) is 2.85. The van der Waals surface area contributed by atoms with E-state index in [0.717, 1.165) is 5.69 Å². The zero-order valence-electron chi connectivity index (χ0n) is 13.5. The van der Waals surface area contributed by atoms with Crippen molar-refractivity contribution in [2.45, 2.75) is 13.0 Å². The minimum atomic E-state index is -3.25. The second kappa shape index (κ2) is 6.33. The maximum atomic E-state index is 12.6. The van der Waals surface area contributed by atoms with Crippen molar-refractivity contribution in [2.24, 2.45) is 0 Å². The van der Waals surface area contributed by atoms with E-state index in [-0.39, 0.29) is 11.9 Å². The lowest BCUT2D eigenvalue weighted by molar-refractivity contribution is 0.0643. The minimum absolute atomic E-state index is 0.148. The molecule has 0 saturated carbocycles. The summed E-state index contributed by atoms with van der Waals surface area (Å²) in [5, 5.41) is 4.20. The molecule has 0 aromatic carbocycles. The van der Waals surface area contributed by atoms with Gasteiger partial charge in [-0.25, -0.2) is 13.1 Å². The molecule has 0 aliphatic carbocycles. The molecule has 2 aromatic heterocycles. The molecular formula is C15H19N5O3S. The Balaban J connectivity index is 1.73. The van der Waals surface area contributed by atoms with Crippen LogP contribution < -0.4 is 0 Å². The van der Waals surface area contributed by atoms with Gasteiger partial charge in [-0.2, -0.15) is 9.40 Å². The lowest BCUT2D eigenvalue weighted by Gasteiger charge is -2.38. The smallest absolute Gasteiger partial charge is 0.257 e. The Kier molecular flexibility index (Phi) is 4.37. The highest BCUT2D eigenvalue weighted by molar-refractivity contribution is 7.88. The number of pyridine rings is 1. The molecule has 1 fully saturated rings. The maximum Gasteiger partial charge on any atom is 0.257 e. The van der Waals surface area contributed by atoms with Gasteiger partial charge in [0.1, 0.15) is 0 Å². The van der Waals surface area contributed by atoms with Crippen LogP contribution >= 0.6 is 0 Å². The van der Waals surface area contributed by atoms with Gasteiger partial charge in [0, 0.05) is 38.1 Å². The number of nitrogens with zero attached hydrogens (tertiary/aromatic N) is 5. The molecule has 24 heavy (non-hydrogen) atoms. The monoisotopic (exact) mass is 349 g/mol. The number of carbonyl (C=O) groups excluding carboxylic acids is 1. The Labute approximate surface area is 140 Å². The standard InChI is InChI=1S/C15H19N5O3S/c1-12-10-18(6-7-20(12)24(2,22)23)15(21)13-8-17-19(11-13)14-4-3-5-16-9-14/h3-5,8-9,11-12H,6-7,10H2,1-2H3/t12-/m0/s1. The highest BCUT2D eigenvalue weighted by Gasteiger charge is 2.32. The van der Waals surface area contributed by atoms with E-state index in [9.17, 15) is 13.2 Å². The molecule has 0 unspecified atom stereocenters. The van der Waals surface area contributed by atoms with Gasteiger partial charge in [-0.05, 0) is 19.1 Å². The first-order valence-corrected chi connectivity index (χ1v) is 9.42. The molecule has 3 rings (SSSR count). The molecule has 9 heteroatoms. The fourth-order valence-electron chi connectivity index (χ4n) is 2.86. The third-order valence-corrected chi connectivity index (χ3v) is 5.41. The first kappa shape index (κ1) is 16.6. The van der Waals surface area contributed by atoms with Crippen LogP contribution in [0.1, 0.15) is 17.3 Å². The van der Waals surface area contributed by atoms with Gasteiger partial charge in [0.25, 0.3) is 5.91 Å². The van der Waals surface area contributed by atoms with Crippen molar-refractivity contribution in [1.29, 1.82) is 0 Å². The lowest BCUT2D eigenvalue weighted by atomic mass is 10.2. The molecule has 1 atom stereocenters. The van der Waals surface area contributed by atoms with Crippen LogP contribution in [-0.2, 0) is 10.0 Å². The zero-order valence-corrected chi connectivity index (χ0v) is 14.3. The van der Waals surface area contributed by atoms with Crippen LogP contribution in [0.3, 0.4) is 0 Å². The van der Waals surface area contributed by atoms with Crippen LogP contribution in [0.2, 0.25) is 0 Å². The summed E-state index contributed by atoms with van der Waals surface area (Å²) in [5.41, 5.74) is 1.24. The average molecular weight is 349 g/mol. The normalized spacial score (nSPS) is 19.4. The number of hydrogen-bond acceptors (Lipinski definition) is 5. The topological polar surface area (TPSA) is 88.4 Å². The van der Waals surface area contributed by atoms with E-state index in [2.05, 4.69) is 10.1 Å². The number of carbonyl (C=O) groups is 1. The van der Waals surface area contributed by atoms with E-state index in [1.54, 1.807) is 41.2 Å². The van der Waals surface area contributed by atoms with Gasteiger partial charge in [-0.3, -0.25) is 9.78 Å². The lowest BCUT2D eigenvalue weighted by Crippen LogP contribution is -2.55. The molecule has 0 radical (unpaired) electrons. The van der Waals surface area contributed by atoms with Gasteiger partial charge in [-0.15, -0.1) is 0 Å². The molecule has 1 saturated heterocycles. The fraction of sp³-hybridized carbons (Fsp3) is 0.400.